The number of fused-ring (bicyclic) bond motifs is 1. The van der Waals surface area contributed by atoms with Crippen molar-refractivity contribution in [2.75, 3.05) is 19.0 Å². The summed E-state index contributed by atoms with van der Waals surface area (Å²) >= 11 is 4.47. The van der Waals surface area contributed by atoms with E-state index < -0.39 is 0 Å². The van der Waals surface area contributed by atoms with Crippen LogP contribution >= 0.6 is 45.2 Å². The summed E-state index contributed by atoms with van der Waals surface area (Å²) in [6, 6.07) is 1.91. The number of anilines is 1. The van der Waals surface area contributed by atoms with E-state index in [0.29, 0.717) is 13.0 Å². The van der Waals surface area contributed by atoms with E-state index in [1.807, 2.05) is 13.1 Å². The minimum Gasteiger partial charge on any atom is -0.492 e. The third kappa shape index (κ3) is 2.15. The summed E-state index contributed by atoms with van der Waals surface area (Å²) < 4.78 is 7.73. The Balaban J connectivity index is 2.63. The van der Waals surface area contributed by atoms with Crippen LogP contribution in [0.3, 0.4) is 0 Å². The van der Waals surface area contributed by atoms with E-state index in [2.05, 4.69) is 50.5 Å². The number of Topliss-reactive ketones (excluding diaryl/α,β-unsaturated/α-hetero) is 1. The van der Waals surface area contributed by atoms with Crippen molar-refractivity contribution >= 4 is 56.7 Å². The smallest absolute Gasteiger partial charge is 0.166 e. The topological polar surface area (TPSA) is 38.3 Å². The van der Waals surface area contributed by atoms with Gasteiger partial charge in [-0.1, -0.05) is 0 Å². The number of benzene rings is 1. The van der Waals surface area contributed by atoms with Crippen molar-refractivity contribution < 1.29 is 9.53 Å². The van der Waals surface area contributed by atoms with Crippen LogP contribution < -0.4 is 10.1 Å². The van der Waals surface area contributed by atoms with E-state index in [9.17, 15) is 4.79 Å². The van der Waals surface area contributed by atoms with Crippen LogP contribution in [0, 0.1) is 7.14 Å². The molecule has 86 valence electrons. The second-order valence-electron chi connectivity index (χ2n) is 3.55. The third-order valence-electron chi connectivity index (χ3n) is 2.52. The zero-order valence-electron chi connectivity index (χ0n) is 8.77. The Hall–Kier alpha value is -0.0500. The molecule has 0 spiro atoms. The Bertz CT molecular complexity index is 446. The van der Waals surface area contributed by atoms with E-state index in [0.717, 1.165) is 30.6 Å². The molecule has 3 nitrogen and oxygen atoms in total. The van der Waals surface area contributed by atoms with Gasteiger partial charge in [0.2, 0.25) is 0 Å². The molecule has 1 aliphatic rings. The normalized spacial score (nSPS) is 15.1. The van der Waals surface area contributed by atoms with Gasteiger partial charge in [-0.05, 0) is 57.7 Å². The molecule has 16 heavy (non-hydrogen) atoms. The van der Waals surface area contributed by atoms with Crippen molar-refractivity contribution in [3.8, 4) is 5.75 Å². The highest BCUT2D eigenvalue weighted by Gasteiger charge is 2.22. The first-order chi connectivity index (χ1) is 7.65. The minimum absolute atomic E-state index is 0.186. The molecule has 1 heterocycles. The molecule has 0 aromatic heterocycles. The highest BCUT2D eigenvalue weighted by Crippen LogP contribution is 2.37. The Morgan fingerprint density at radius 1 is 1.44 bits per heavy atom. The van der Waals surface area contributed by atoms with Crippen LogP contribution in [0.5, 0.6) is 5.75 Å². The Morgan fingerprint density at radius 2 is 2.19 bits per heavy atom. The summed E-state index contributed by atoms with van der Waals surface area (Å²) in [6.45, 7) is 0.624. The van der Waals surface area contributed by atoms with E-state index >= 15 is 0 Å². The number of nitrogens with one attached hydrogen (secondary N) is 1. The van der Waals surface area contributed by atoms with Gasteiger partial charge >= 0.3 is 0 Å². The van der Waals surface area contributed by atoms with Crippen molar-refractivity contribution in [2.24, 2.45) is 0 Å². The van der Waals surface area contributed by atoms with E-state index in [-0.39, 0.29) is 5.78 Å². The molecule has 0 saturated carbocycles. The lowest BCUT2D eigenvalue weighted by Gasteiger charge is -2.14. The lowest BCUT2D eigenvalue weighted by Crippen LogP contribution is -2.04. The summed E-state index contributed by atoms with van der Waals surface area (Å²) in [4.78, 5) is 11.9. The maximum absolute atomic E-state index is 11.9. The summed E-state index contributed by atoms with van der Waals surface area (Å²) in [5.41, 5.74) is 1.76. The van der Waals surface area contributed by atoms with Gasteiger partial charge in [0.1, 0.15) is 5.75 Å². The van der Waals surface area contributed by atoms with Crippen LogP contribution in [0.2, 0.25) is 0 Å². The molecule has 1 aromatic carbocycles. The average Bonchev–Trinajstić information content (AvgIpc) is 2.43. The molecule has 5 heteroatoms. The number of ether oxygens (including phenoxy) is 1. The van der Waals surface area contributed by atoms with Gasteiger partial charge in [0.05, 0.1) is 21.4 Å². The molecular formula is C11H11I2NO2. The lowest BCUT2D eigenvalue weighted by molar-refractivity contribution is 0.0983. The van der Waals surface area contributed by atoms with Crippen LogP contribution in [0.1, 0.15) is 23.2 Å². The molecule has 0 unspecified atom stereocenters. The summed E-state index contributed by atoms with van der Waals surface area (Å²) in [6.07, 6.45) is 1.38. The van der Waals surface area contributed by atoms with Crippen LogP contribution in [-0.4, -0.2) is 19.4 Å². The molecule has 2 rings (SSSR count). The average molecular weight is 443 g/mol. The highest BCUT2D eigenvalue weighted by atomic mass is 127. The fourth-order valence-corrected chi connectivity index (χ4v) is 4.09. The fraction of sp³-hybridized carbons (Fsp3) is 0.364. The molecule has 0 radical (unpaired) electrons. The number of ketones is 1. The number of carbonyl (C=O) groups excluding carboxylic acids is 1. The summed E-state index contributed by atoms with van der Waals surface area (Å²) in [7, 11) is 1.88. The largest absolute Gasteiger partial charge is 0.492 e. The minimum atomic E-state index is 0.186. The zero-order valence-corrected chi connectivity index (χ0v) is 13.1. The van der Waals surface area contributed by atoms with Crippen LogP contribution in [0.4, 0.5) is 5.69 Å². The number of rotatable bonds is 1. The highest BCUT2D eigenvalue weighted by molar-refractivity contribution is 14.1. The standard InChI is InChI=1S/C11H11I2NO2/c1-14-10-7(12)5-6-8(15)3-2-4-16-11(6)9(10)13/h5,14H,2-4H2,1H3. The van der Waals surface area contributed by atoms with Gasteiger partial charge in [-0.3, -0.25) is 4.79 Å². The van der Waals surface area contributed by atoms with Gasteiger partial charge in [-0.2, -0.15) is 0 Å². The van der Waals surface area contributed by atoms with Crippen LogP contribution in [0.15, 0.2) is 6.07 Å². The molecule has 0 aliphatic carbocycles. The Labute approximate surface area is 122 Å². The molecule has 0 saturated heterocycles. The predicted molar refractivity (Wildman–Crippen MR) is 80.5 cm³/mol. The first-order valence-corrected chi connectivity index (χ1v) is 7.16. The van der Waals surface area contributed by atoms with E-state index in [1.165, 1.54) is 0 Å². The first kappa shape index (κ1) is 12.4. The van der Waals surface area contributed by atoms with Crippen molar-refractivity contribution in [3.63, 3.8) is 0 Å². The Morgan fingerprint density at radius 3 is 2.88 bits per heavy atom. The van der Waals surface area contributed by atoms with E-state index in [4.69, 9.17) is 4.74 Å². The van der Waals surface area contributed by atoms with E-state index in [1.54, 1.807) is 0 Å². The molecule has 1 aromatic rings. The third-order valence-corrected chi connectivity index (χ3v) is 4.40. The number of halogens is 2. The molecule has 0 atom stereocenters. The molecule has 1 N–H and O–H groups in total. The molecule has 0 amide bonds. The second kappa shape index (κ2) is 5.07. The van der Waals surface area contributed by atoms with Gasteiger partial charge in [-0.15, -0.1) is 0 Å². The predicted octanol–water partition coefficient (Wildman–Crippen LogP) is 3.29. The van der Waals surface area contributed by atoms with Gasteiger partial charge in [0.15, 0.2) is 5.78 Å². The molecule has 0 bridgehead atoms. The first-order valence-electron chi connectivity index (χ1n) is 5.01. The van der Waals surface area contributed by atoms with Gasteiger partial charge in [0, 0.05) is 17.0 Å². The quantitative estimate of drug-likeness (QED) is 0.678. The fourth-order valence-electron chi connectivity index (χ4n) is 1.72. The summed E-state index contributed by atoms with van der Waals surface area (Å²) in [5.74, 6) is 0.929. The molecule has 1 aliphatic heterocycles. The SMILES string of the molecule is CNc1c(I)cc2c(c1I)OCCCC2=O. The van der Waals surface area contributed by atoms with Crippen LogP contribution in [0.25, 0.3) is 0 Å². The van der Waals surface area contributed by atoms with Crippen molar-refractivity contribution in [1.82, 2.24) is 0 Å². The van der Waals surface area contributed by atoms with Crippen molar-refractivity contribution in [2.45, 2.75) is 12.8 Å². The van der Waals surface area contributed by atoms with Crippen molar-refractivity contribution in [1.29, 1.82) is 0 Å². The maximum atomic E-state index is 11.9. The van der Waals surface area contributed by atoms with Crippen LogP contribution in [-0.2, 0) is 0 Å². The second-order valence-corrected chi connectivity index (χ2v) is 5.79. The lowest BCUT2D eigenvalue weighted by atomic mass is 10.1. The molecular weight excluding hydrogens is 432 g/mol. The zero-order chi connectivity index (χ0) is 11.7. The van der Waals surface area contributed by atoms with Gasteiger partial charge in [0.25, 0.3) is 0 Å². The maximum Gasteiger partial charge on any atom is 0.166 e. The van der Waals surface area contributed by atoms with Gasteiger partial charge in [-0.25, -0.2) is 0 Å². The van der Waals surface area contributed by atoms with Gasteiger partial charge < -0.3 is 10.1 Å². The number of hydrogen-bond acceptors (Lipinski definition) is 3. The number of carbonyl (C=O) groups is 1. The monoisotopic (exact) mass is 443 g/mol. The molecule has 0 fully saturated rings. The Kier molecular flexibility index (Phi) is 3.93. The number of hydrogen-bond donors (Lipinski definition) is 1. The van der Waals surface area contributed by atoms with Crippen molar-refractivity contribution in [3.05, 3.63) is 18.8 Å². The summed E-state index contributed by atoms with van der Waals surface area (Å²) in [5, 5.41) is 3.14.